The minimum atomic E-state index is -0.175. The number of likely N-dealkylation sites (tertiary alicyclic amines) is 1. The number of benzene rings is 1. The van der Waals surface area contributed by atoms with Gasteiger partial charge in [0.25, 0.3) is 0 Å². The van der Waals surface area contributed by atoms with Crippen molar-refractivity contribution >= 4 is 17.7 Å². The predicted octanol–water partition coefficient (Wildman–Crippen LogP) is 2.84. The fourth-order valence-electron chi connectivity index (χ4n) is 3.21. The number of hydrogen-bond acceptors (Lipinski definition) is 3. The summed E-state index contributed by atoms with van der Waals surface area (Å²) in [7, 11) is 1.79. The molecule has 134 valence electrons. The highest BCUT2D eigenvalue weighted by Crippen LogP contribution is 2.17. The molecule has 1 heterocycles. The minimum Gasteiger partial charge on any atom is -0.355 e. The molecule has 2 rings (SSSR count). The van der Waals surface area contributed by atoms with Crippen LogP contribution in [0.4, 0.5) is 4.39 Å². The Hall–Kier alpha value is -1.27. The monoisotopic (exact) mass is 352 g/mol. The van der Waals surface area contributed by atoms with Gasteiger partial charge in [-0.15, -0.1) is 0 Å². The van der Waals surface area contributed by atoms with E-state index in [1.165, 1.54) is 25.5 Å². The third-order valence-electron chi connectivity index (χ3n) is 4.55. The average Bonchev–Trinajstić information content (AvgIpc) is 3.04. The molecule has 1 aromatic carbocycles. The summed E-state index contributed by atoms with van der Waals surface area (Å²) in [5.74, 6) is 1.44. The quantitative estimate of drug-likeness (QED) is 0.585. The van der Waals surface area contributed by atoms with Gasteiger partial charge in [-0.3, -0.25) is 9.89 Å². The van der Waals surface area contributed by atoms with Crippen molar-refractivity contribution in [2.45, 2.75) is 38.1 Å². The van der Waals surface area contributed by atoms with Gasteiger partial charge in [0, 0.05) is 31.9 Å². The first-order valence-corrected chi connectivity index (χ1v) is 10.0. The maximum absolute atomic E-state index is 13.4. The number of hydrogen-bond donors (Lipinski definition) is 2. The Morgan fingerprint density at radius 1 is 1.38 bits per heavy atom. The molecule has 1 unspecified atom stereocenters. The largest absolute Gasteiger partial charge is 0.355 e. The molecule has 0 aliphatic carbocycles. The highest BCUT2D eigenvalue weighted by atomic mass is 32.2. The Morgan fingerprint density at radius 2 is 2.21 bits per heavy atom. The third-order valence-corrected chi connectivity index (χ3v) is 5.15. The smallest absolute Gasteiger partial charge is 0.191 e. The molecule has 1 saturated heterocycles. The van der Waals surface area contributed by atoms with E-state index in [2.05, 4.69) is 27.4 Å². The Kier molecular flexibility index (Phi) is 7.85. The Bertz CT molecular complexity index is 550. The highest BCUT2D eigenvalue weighted by molar-refractivity contribution is 7.97. The zero-order chi connectivity index (χ0) is 17.4. The van der Waals surface area contributed by atoms with Crippen molar-refractivity contribution in [3.8, 4) is 0 Å². The average molecular weight is 353 g/mol. The molecule has 1 aliphatic rings. The first kappa shape index (κ1) is 19.1. The van der Waals surface area contributed by atoms with Crippen LogP contribution in [0.25, 0.3) is 0 Å². The molecule has 1 atom stereocenters. The normalized spacial score (nSPS) is 18.8. The second-order valence-electron chi connectivity index (χ2n) is 6.08. The standard InChI is InChI=1S/C18H29FN4S/c1-4-23-9-5-6-17(23)12-22-18(20-2)21-11-14-7-8-16(19)10-15(14)13-24-3/h7-8,10,17H,4-6,9,11-13H2,1-3H3,(H2,20,21,22). The lowest BCUT2D eigenvalue weighted by molar-refractivity contribution is 0.267. The van der Waals surface area contributed by atoms with E-state index in [0.717, 1.165) is 35.9 Å². The summed E-state index contributed by atoms with van der Waals surface area (Å²) in [6.07, 6.45) is 4.55. The van der Waals surface area contributed by atoms with E-state index < -0.39 is 0 Å². The molecule has 2 N–H and O–H groups in total. The number of nitrogens with one attached hydrogen (secondary N) is 2. The zero-order valence-corrected chi connectivity index (χ0v) is 15.8. The van der Waals surface area contributed by atoms with Crippen molar-refractivity contribution in [1.82, 2.24) is 15.5 Å². The number of aliphatic imine (C=N–C) groups is 1. The summed E-state index contributed by atoms with van der Waals surface area (Å²) in [5.41, 5.74) is 2.16. The van der Waals surface area contributed by atoms with Crippen LogP contribution in [0.5, 0.6) is 0 Å². The van der Waals surface area contributed by atoms with Crippen molar-refractivity contribution in [1.29, 1.82) is 0 Å². The summed E-state index contributed by atoms with van der Waals surface area (Å²) in [4.78, 5) is 6.82. The van der Waals surface area contributed by atoms with E-state index in [0.29, 0.717) is 12.6 Å². The zero-order valence-electron chi connectivity index (χ0n) is 14.9. The molecular weight excluding hydrogens is 323 g/mol. The first-order valence-electron chi connectivity index (χ1n) is 8.62. The van der Waals surface area contributed by atoms with Gasteiger partial charge in [-0.1, -0.05) is 13.0 Å². The van der Waals surface area contributed by atoms with Gasteiger partial charge < -0.3 is 10.6 Å². The Morgan fingerprint density at radius 3 is 2.92 bits per heavy atom. The van der Waals surface area contributed by atoms with Gasteiger partial charge in [-0.25, -0.2) is 4.39 Å². The number of guanidine groups is 1. The van der Waals surface area contributed by atoms with E-state index >= 15 is 0 Å². The highest BCUT2D eigenvalue weighted by Gasteiger charge is 2.22. The third kappa shape index (κ3) is 5.38. The molecule has 0 radical (unpaired) electrons. The van der Waals surface area contributed by atoms with Crippen molar-refractivity contribution in [3.05, 3.63) is 35.1 Å². The van der Waals surface area contributed by atoms with E-state index in [1.54, 1.807) is 24.9 Å². The minimum absolute atomic E-state index is 0.175. The number of halogens is 1. The second-order valence-corrected chi connectivity index (χ2v) is 6.94. The van der Waals surface area contributed by atoms with Crippen molar-refractivity contribution < 1.29 is 4.39 Å². The van der Waals surface area contributed by atoms with Gasteiger partial charge in [-0.2, -0.15) is 11.8 Å². The van der Waals surface area contributed by atoms with Crippen LogP contribution in [0, 0.1) is 5.82 Å². The summed E-state index contributed by atoms with van der Waals surface area (Å²) in [6, 6.07) is 5.60. The lowest BCUT2D eigenvalue weighted by Gasteiger charge is -2.24. The van der Waals surface area contributed by atoms with Crippen molar-refractivity contribution in [2.75, 3.05) is 32.9 Å². The molecule has 1 fully saturated rings. The number of thioether (sulfide) groups is 1. The van der Waals surface area contributed by atoms with Crippen LogP contribution in [-0.2, 0) is 12.3 Å². The Labute approximate surface area is 149 Å². The molecule has 4 nitrogen and oxygen atoms in total. The number of rotatable bonds is 7. The molecule has 0 aromatic heterocycles. The number of nitrogens with zero attached hydrogens (tertiary/aromatic N) is 2. The van der Waals surface area contributed by atoms with Crippen LogP contribution in [0.1, 0.15) is 30.9 Å². The van der Waals surface area contributed by atoms with E-state index in [1.807, 2.05) is 12.3 Å². The molecule has 0 saturated carbocycles. The molecule has 1 aromatic rings. The lowest BCUT2D eigenvalue weighted by Crippen LogP contribution is -2.44. The van der Waals surface area contributed by atoms with E-state index in [4.69, 9.17) is 0 Å². The maximum Gasteiger partial charge on any atom is 0.191 e. The number of likely N-dealkylation sites (N-methyl/N-ethyl adjacent to an activating group) is 1. The molecule has 1 aliphatic heterocycles. The fourth-order valence-corrected chi connectivity index (χ4v) is 3.79. The van der Waals surface area contributed by atoms with Gasteiger partial charge in [0.1, 0.15) is 5.82 Å². The molecule has 0 amide bonds. The van der Waals surface area contributed by atoms with E-state index in [-0.39, 0.29) is 5.82 Å². The SMILES string of the molecule is CCN1CCCC1CNC(=NC)NCc1ccc(F)cc1CSC. The Balaban J connectivity index is 1.87. The molecule has 0 spiro atoms. The van der Waals surface area contributed by atoms with Crippen molar-refractivity contribution in [2.24, 2.45) is 4.99 Å². The van der Waals surface area contributed by atoms with Crippen LogP contribution >= 0.6 is 11.8 Å². The second kappa shape index (κ2) is 9.89. The molecule has 24 heavy (non-hydrogen) atoms. The maximum atomic E-state index is 13.4. The summed E-state index contributed by atoms with van der Waals surface area (Å²) in [5, 5.41) is 6.78. The molecule has 0 bridgehead atoms. The van der Waals surface area contributed by atoms with Gasteiger partial charge in [-0.05, 0) is 55.4 Å². The van der Waals surface area contributed by atoms with Gasteiger partial charge in [0.05, 0.1) is 0 Å². The van der Waals surface area contributed by atoms with Crippen LogP contribution in [0.2, 0.25) is 0 Å². The van der Waals surface area contributed by atoms with Gasteiger partial charge in [0.2, 0.25) is 0 Å². The topological polar surface area (TPSA) is 39.7 Å². The first-order chi connectivity index (χ1) is 11.7. The van der Waals surface area contributed by atoms with Crippen LogP contribution in [0.3, 0.4) is 0 Å². The van der Waals surface area contributed by atoms with Crippen LogP contribution in [0.15, 0.2) is 23.2 Å². The van der Waals surface area contributed by atoms with Gasteiger partial charge in [0.15, 0.2) is 5.96 Å². The predicted molar refractivity (Wildman–Crippen MR) is 102 cm³/mol. The molecular formula is C18H29FN4S. The summed E-state index contributed by atoms with van der Waals surface area (Å²) < 4.78 is 13.4. The van der Waals surface area contributed by atoms with E-state index in [9.17, 15) is 4.39 Å². The summed E-state index contributed by atoms with van der Waals surface area (Å²) >= 11 is 1.70. The van der Waals surface area contributed by atoms with Crippen molar-refractivity contribution in [3.63, 3.8) is 0 Å². The molecule has 6 heteroatoms. The fraction of sp³-hybridized carbons (Fsp3) is 0.611. The summed E-state index contributed by atoms with van der Waals surface area (Å²) in [6.45, 7) is 6.08. The lowest BCUT2D eigenvalue weighted by atomic mass is 10.1. The van der Waals surface area contributed by atoms with Crippen LogP contribution < -0.4 is 10.6 Å². The van der Waals surface area contributed by atoms with Gasteiger partial charge >= 0.3 is 0 Å². The van der Waals surface area contributed by atoms with Crippen LogP contribution in [-0.4, -0.2) is 49.8 Å².